The third kappa shape index (κ3) is 2.77. The summed E-state index contributed by atoms with van der Waals surface area (Å²) in [7, 11) is -1.56. The molecule has 0 amide bonds. The number of hydrogen-bond donors (Lipinski definition) is 0. The summed E-state index contributed by atoms with van der Waals surface area (Å²) >= 11 is 0. The number of carbonyl (C=O) groups excluding carboxylic acids is 1. The Morgan fingerprint density at radius 2 is 1.69 bits per heavy atom. The Bertz CT molecular complexity index is 319. The third-order valence-corrected chi connectivity index (χ3v) is 8.72. The van der Waals surface area contributed by atoms with Crippen LogP contribution < -0.4 is 0 Å². The molecule has 0 heterocycles. The molecule has 1 rings (SSSR count). The molecule has 0 bridgehead atoms. The van der Waals surface area contributed by atoms with Crippen molar-refractivity contribution in [1.29, 1.82) is 0 Å². The molecule has 1 saturated carbocycles. The molecule has 1 fully saturated rings. The second-order valence-corrected chi connectivity index (χ2v) is 11.6. The highest BCUT2D eigenvalue weighted by atomic mass is 28.3. The quantitative estimate of drug-likeness (QED) is 0.384. The molecule has 1 nitrogen and oxygen atoms in total. The molecule has 0 aromatic rings. The van der Waals surface area contributed by atoms with Crippen LogP contribution in [0.15, 0.2) is 0 Å². The van der Waals surface area contributed by atoms with Crippen molar-refractivity contribution in [1.82, 2.24) is 0 Å². The van der Waals surface area contributed by atoms with Gasteiger partial charge in [-0.05, 0) is 17.9 Å². The van der Waals surface area contributed by atoms with Gasteiger partial charge in [0.15, 0.2) is 0 Å². The first-order valence-electron chi connectivity index (χ1n) is 6.23. The zero-order valence-electron chi connectivity index (χ0n) is 11.3. The van der Waals surface area contributed by atoms with Gasteiger partial charge in [-0.1, -0.05) is 52.6 Å². The largest absolute Gasteiger partial charge is 0.302 e. The molecule has 0 atom stereocenters. The van der Waals surface area contributed by atoms with E-state index in [4.69, 9.17) is 0 Å². The van der Waals surface area contributed by atoms with E-state index < -0.39 is 8.07 Å². The predicted octanol–water partition coefficient (Wildman–Crippen LogP) is 3.80. The molecule has 90 valence electrons. The van der Waals surface area contributed by atoms with Crippen LogP contribution in [0.5, 0.6) is 0 Å². The second-order valence-electron chi connectivity index (χ2n) is 6.61. The normalized spacial score (nSPS) is 20.1. The number of hydrogen-bond acceptors (Lipinski definition) is 1. The lowest BCUT2D eigenvalue weighted by molar-refractivity contribution is -0.113. The molecule has 1 aliphatic rings. The summed E-state index contributed by atoms with van der Waals surface area (Å²) in [6, 6.07) is 0. The summed E-state index contributed by atoms with van der Waals surface area (Å²) in [5.41, 5.74) is 3.19. The maximum absolute atomic E-state index is 11.2. The van der Waals surface area contributed by atoms with E-state index in [0.29, 0.717) is 0 Å². The van der Waals surface area contributed by atoms with E-state index in [1.54, 1.807) is 0 Å². The van der Waals surface area contributed by atoms with Gasteiger partial charge in [0.2, 0.25) is 0 Å². The Balaban J connectivity index is 2.92. The average Bonchev–Trinajstić information content (AvgIpc) is 2.62. The van der Waals surface area contributed by atoms with Gasteiger partial charge >= 0.3 is 0 Å². The van der Waals surface area contributed by atoms with Crippen LogP contribution in [0.3, 0.4) is 0 Å². The molecule has 0 spiro atoms. The van der Waals surface area contributed by atoms with Crippen molar-refractivity contribution in [3.63, 3.8) is 0 Å². The SMILES string of the molecule is CC(C)(C)[Si](C)(C)C#CC1(C=O)CCCC1. The zero-order valence-corrected chi connectivity index (χ0v) is 12.3. The summed E-state index contributed by atoms with van der Waals surface area (Å²) in [5, 5.41) is 0.280. The van der Waals surface area contributed by atoms with Crippen LogP contribution in [-0.4, -0.2) is 14.4 Å². The predicted molar refractivity (Wildman–Crippen MR) is 71.9 cm³/mol. The Morgan fingerprint density at radius 3 is 2.06 bits per heavy atom. The molecule has 0 saturated heterocycles. The van der Waals surface area contributed by atoms with E-state index in [9.17, 15) is 4.79 Å². The highest BCUT2D eigenvalue weighted by Crippen LogP contribution is 2.38. The smallest absolute Gasteiger partial charge is 0.138 e. The Morgan fingerprint density at radius 1 is 1.19 bits per heavy atom. The lowest BCUT2D eigenvalue weighted by Gasteiger charge is -2.32. The van der Waals surface area contributed by atoms with Crippen molar-refractivity contribution >= 4 is 14.4 Å². The minimum atomic E-state index is -1.56. The maximum atomic E-state index is 11.2. The summed E-state index contributed by atoms with van der Waals surface area (Å²) in [5.74, 6) is 3.34. The minimum Gasteiger partial charge on any atom is -0.302 e. The average molecular weight is 236 g/mol. The van der Waals surface area contributed by atoms with Crippen molar-refractivity contribution in [2.75, 3.05) is 0 Å². The molecule has 2 heteroatoms. The topological polar surface area (TPSA) is 17.1 Å². The van der Waals surface area contributed by atoms with Crippen molar-refractivity contribution in [2.45, 2.75) is 64.6 Å². The fourth-order valence-corrected chi connectivity index (χ4v) is 2.68. The minimum absolute atomic E-state index is 0.280. The highest BCUT2D eigenvalue weighted by molar-refractivity contribution is 6.87. The van der Waals surface area contributed by atoms with Gasteiger partial charge in [0, 0.05) is 0 Å². The van der Waals surface area contributed by atoms with Gasteiger partial charge in [0.1, 0.15) is 14.4 Å². The van der Waals surface area contributed by atoms with Crippen LogP contribution in [0.4, 0.5) is 0 Å². The van der Waals surface area contributed by atoms with Gasteiger partial charge in [-0.3, -0.25) is 0 Å². The fraction of sp³-hybridized carbons (Fsp3) is 0.786. The number of aldehydes is 1. The van der Waals surface area contributed by atoms with E-state index in [1.807, 2.05) is 0 Å². The van der Waals surface area contributed by atoms with Gasteiger partial charge in [0.25, 0.3) is 0 Å². The van der Waals surface area contributed by atoms with Gasteiger partial charge < -0.3 is 4.79 Å². The maximum Gasteiger partial charge on any atom is 0.138 e. The first-order valence-corrected chi connectivity index (χ1v) is 9.23. The van der Waals surface area contributed by atoms with E-state index in [2.05, 4.69) is 45.3 Å². The summed E-state index contributed by atoms with van der Waals surface area (Å²) < 4.78 is 0. The lowest BCUT2D eigenvalue weighted by Crippen LogP contribution is -2.36. The monoisotopic (exact) mass is 236 g/mol. The van der Waals surface area contributed by atoms with Crippen molar-refractivity contribution in [3.05, 3.63) is 0 Å². The molecule has 0 unspecified atom stereocenters. The third-order valence-electron chi connectivity index (χ3n) is 4.22. The summed E-state index contributed by atoms with van der Waals surface area (Å²) in [6.07, 6.45) is 5.35. The van der Waals surface area contributed by atoms with E-state index in [-0.39, 0.29) is 10.5 Å². The van der Waals surface area contributed by atoms with E-state index >= 15 is 0 Å². The fourth-order valence-electron chi connectivity index (χ4n) is 1.75. The molecule has 16 heavy (non-hydrogen) atoms. The number of rotatable bonds is 1. The van der Waals surface area contributed by atoms with Crippen molar-refractivity contribution in [2.24, 2.45) is 5.41 Å². The zero-order chi connectivity index (χ0) is 12.4. The van der Waals surface area contributed by atoms with Crippen LogP contribution in [-0.2, 0) is 4.79 Å². The van der Waals surface area contributed by atoms with Gasteiger partial charge in [-0.15, -0.1) is 5.54 Å². The van der Waals surface area contributed by atoms with Gasteiger partial charge in [-0.2, -0.15) is 0 Å². The Labute approximate surface area is 101 Å². The summed E-state index contributed by atoms with van der Waals surface area (Å²) in [6.45, 7) is 11.4. The second kappa shape index (κ2) is 4.37. The van der Waals surface area contributed by atoms with Crippen LogP contribution in [0.25, 0.3) is 0 Å². The molecule has 0 N–H and O–H groups in total. The molecule has 0 radical (unpaired) electrons. The Kier molecular flexibility index (Phi) is 3.69. The number of carbonyl (C=O) groups is 1. The molecular formula is C14H24OSi. The molecule has 0 aromatic heterocycles. The highest BCUT2D eigenvalue weighted by Gasteiger charge is 2.36. The standard InChI is InChI=1S/C14H24OSi/c1-13(2,3)16(4,5)11-10-14(12-15)8-6-7-9-14/h12H,6-9H2,1-5H3. The van der Waals surface area contributed by atoms with Crippen molar-refractivity contribution in [3.8, 4) is 11.5 Å². The van der Waals surface area contributed by atoms with Crippen LogP contribution in [0.1, 0.15) is 46.5 Å². The van der Waals surface area contributed by atoms with Crippen LogP contribution in [0, 0.1) is 16.9 Å². The lowest BCUT2D eigenvalue weighted by atomic mass is 9.90. The molecule has 0 aliphatic heterocycles. The first-order chi connectivity index (χ1) is 7.22. The van der Waals surface area contributed by atoms with Crippen LogP contribution in [0.2, 0.25) is 18.1 Å². The first kappa shape index (κ1) is 13.5. The summed E-state index contributed by atoms with van der Waals surface area (Å²) in [4.78, 5) is 11.2. The van der Waals surface area contributed by atoms with E-state index in [1.165, 1.54) is 0 Å². The van der Waals surface area contributed by atoms with E-state index in [0.717, 1.165) is 32.0 Å². The molecule has 0 aromatic carbocycles. The van der Waals surface area contributed by atoms with Crippen LogP contribution >= 0.6 is 0 Å². The van der Waals surface area contributed by atoms with Crippen molar-refractivity contribution < 1.29 is 4.79 Å². The van der Waals surface area contributed by atoms with Gasteiger partial charge in [-0.25, -0.2) is 0 Å². The van der Waals surface area contributed by atoms with Gasteiger partial charge in [0.05, 0.1) is 5.41 Å². The molecular weight excluding hydrogens is 212 g/mol. The Hall–Kier alpha value is -0.553. The molecule has 1 aliphatic carbocycles.